The Hall–Kier alpha value is -1.42. The number of fused-ring (bicyclic) bond motifs is 1. The molecule has 1 aromatic carbocycles. The zero-order valence-corrected chi connectivity index (χ0v) is 9.38. The quantitative estimate of drug-likeness (QED) is 0.741. The molecule has 1 heterocycles. The maximum absolute atomic E-state index is 11.8. The average Bonchev–Trinajstić information content (AvgIpc) is 2.52. The third kappa shape index (κ3) is 1.61. The SMILES string of the molecule is CC(C)C(=O)n1c(=O)sc2ccccc21. The predicted molar refractivity (Wildman–Crippen MR) is 61.5 cm³/mol. The summed E-state index contributed by atoms with van der Waals surface area (Å²) in [6.07, 6.45) is 0. The highest BCUT2D eigenvalue weighted by atomic mass is 32.1. The number of carbonyl (C=O) groups excluding carboxylic acids is 1. The molecule has 0 aliphatic rings. The number of rotatable bonds is 1. The van der Waals surface area contributed by atoms with E-state index in [1.165, 1.54) is 4.57 Å². The number of para-hydroxylation sites is 1. The zero-order valence-electron chi connectivity index (χ0n) is 8.56. The molecule has 4 heteroatoms. The molecule has 0 atom stereocenters. The first kappa shape index (κ1) is 10.1. The van der Waals surface area contributed by atoms with E-state index >= 15 is 0 Å². The van der Waals surface area contributed by atoms with Gasteiger partial charge in [-0.25, -0.2) is 4.57 Å². The molecule has 0 aliphatic heterocycles. The highest BCUT2D eigenvalue weighted by Crippen LogP contribution is 2.17. The second kappa shape index (κ2) is 3.62. The summed E-state index contributed by atoms with van der Waals surface area (Å²) in [5, 5.41) is 0. The standard InChI is InChI=1S/C11H11NO2S/c1-7(2)10(13)12-8-5-3-4-6-9(8)15-11(12)14/h3-7H,1-2H3. The first-order valence-electron chi connectivity index (χ1n) is 4.76. The highest BCUT2D eigenvalue weighted by molar-refractivity contribution is 7.16. The second-order valence-electron chi connectivity index (χ2n) is 3.66. The molecule has 0 spiro atoms. The second-order valence-corrected chi connectivity index (χ2v) is 4.66. The number of hydrogen-bond acceptors (Lipinski definition) is 3. The molecule has 1 aromatic heterocycles. The molecule has 78 valence electrons. The minimum absolute atomic E-state index is 0.141. The van der Waals surface area contributed by atoms with Gasteiger partial charge in [-0.1, -0.05) is 37.3 Å². The van der Waals surface area contributed by atoms with Crippen LogP contribution in [-0.4, -0.2) is 10.5 Å². The van der Waals surface area contributed by atoms with Crippen LogP contribution in [-0.2, 0) is 0 Å². The van der Waals surface area contributed by atoms with Gasteiger partial charge in [-0.15, -0.1) is 0 Å². The van der Waals surface area contributed by atoms with Crippen LogP contribution in [0.5, 0.6) is 0 Å². The van der Waals surface area contributed by atoms with Gasteiger partial charge in [-0.3, -0.25) is 9.59 Å². The van der Waals surface area contributed by atoms with E-state index in [0.29, 0.717) is 5.52 Å². The lowest BCUT2D eigenvalue weighted by atomic mass is 10.2. The molecule has 0 saturated carbocycles. The van der Waals surface area contributed by atoms with Crippen LogP contribution in [0.15, 0.2) is 29.1 Å². The van der Waals surface area contributed by atoms with Crippen LogP contribution >= 0.6 is 11.3 Å². The average molecular weight is 221 g/mol. The maximum Gasteiger partial charge on any atom is 0.314 e. The van der Waals surface area contributed by atoms with Crippen molar-refractivity contribution in [2.45, 2.75) is 13.8 Å². The summed E-state index contributed by atoms with van der Waals surface area (Å²) in [7, 11) is 0. The Balaban J connectivity index is 2.75. The van der Waals surface area contributed by atoms with Gasteiger partial charge in [0.05, 0.1) is 10.2 Å². The van der Waals surface area contributed by atoms with Crippen LogP contribution in [0.1, 0.15) is 18.6 Å². The van der Waals surface area contributed by atoms with Crippen LogP contribution in [0.4, 0.5) is 0 Å². The van der Waals surface area contributed by atoms with Crippen molar-refractivity contribution in [2.24, 2.45) is 5.92 Å². The normalized spacial score (nSPS) is 11.1. The number of benzene rings is 1. The van der Waals surface area contributed by atoms with Crippen molar-refractivity contribution in [1.82, 2.24) is 4.57 Å². The first-order valence-corrected chi connectivity index (χ1v) is 5.57. The molecule has 0 unspecified atom stereocenters. The van der Waals surface area contributed by atoms with E-state index in [1.54, 1.807) is 19.9 Å². The molecular formula is C11H11NO2S. The third-order valence-corrected chi connectivity index (χ3v) is 3.12. The number of thiazole rings is 1. The van der Waals surface area contributed by atoms with Gasteiger partial charge in [-0.05, 0) is 12.1 Å². The van der Waals surface area contributed by atoms with E-state index in [9.17, 15) is 9.59 Å². The van der Waals surface area contributed by atoms with Crippen LogP contribution in [0, 0.1) is 5.92 Å². The van der Waals surface area contributed by atoms with E-state index in [4.69, 9.17) is 0 Å². The van der Waals surface area contributed by atoms with Gasteiger partial charge in [0.15, 0.2) is 0 Å². The lowest BCUT2D eigenvalue weighted by Crippen LogP contribution is -2.25. The molecule has 0 fully saturated rings. The summed E-state index contributed by atoms with van der Waals surface area (Å²) in [6.45, 7) is 3.59. The smallest absolute Gasteiger partial charge is 0.274 e. The summed E-state index contributed by atoms with van der Waals surface area (Å²) < 4.78 is 2.13. The summed E-state index contributed by atoms with van der Waals surface area (Å²) in [6, 6.07) is 7.35. The Kier molecular flexibility index (Phi) is 2.44. The lowest BCUT2D eigenvalue weighted by molar-refractivity contribution is 0.0858. The van der Waals surface area contributed by atoms with Crippen LogP contribution in [0.2, 0.25) is 0 Å². The van der Waals surface area contributed by atoms with Crippen molar-refractivity contribution in [1.29, 1.82) is 0 Å². The Morgan fingerprint density at radius 3 is 2.67 bits per heavy atom. The van der Waals surface area contributed by atoms with Gasteiger partial charge in [0.2, 0.25) is 5.91 Å². The first-order chi connectivity index (χ1) is 7.11. The fourth-order valence-electron chi connectivity index (χ4n) is 1.43. The molecule has 2 rings (SSSR count). The molecule has 3 nitrogen and oxygen atoms in total. The molecule has 0 aliphatic carbocycles. The van der Waals surface area contributed by atoms with Gasteiger partial charge < -0.3 is 0 Å². The molecule has 0 amide bonds. The Morgan fingerprint density at radius 1 is 1.33 bits per heavy atom. The van der Waals surface area contributed by atoms with E-state index in [2.05, 4.69) is 0 Å². The third-order valence-electron chi connectivity index (χ3n) is 2.20. The van der Waals surface area contributed by atoms with Gasteiger partial charge in [-0.2, -0.15) is 0 Å². The monoisotopic (exact) mass is 221 g/mol. The Bertz CT molecular complexity index is 565. The molecule has 0 saturated heterocycles. The van der Waals surface area contributed by atoms with E-state index < -0.39 is 0 Å². The molecule has 0 radical (unpaired) electrons. The Morgan fingerprint density at radius 2 is 2.00 bits per heavy atom. The molecule has 0 bridgehead atoms. The molecule has 0 N–H and O–H groups in total. The summed E-state index contributed by atoms with van der Waals surface area (Å²) >= 11 is 1.11. The number of aromatic nitrogens is 1. The molecular weight excluding hydrogens is 210 g/mol. The minimum atomic E-state index is -0.199. The van der Waals surface area contributed by atoms with Gasteiger partial charge in [0, 0.05) is 5.92 Å². The van der Waals surface area contributed by atoms with Crippen molar-refractivity contribution < 1.29 is 4.79 Å². The van der Waals surface area contributed by atoms with Crippen LogP contribution < -0.4 is 4.87 Å². The zero-order chi connectivity index (χ0) is 11.0. The fraction of sp³-hybridized carbons (Fsp3) is 0.273. The van der Waals surface area contributed by atoms with Crippen molar-refractivity contribution in [3.63, 3.8) is 0 Å². The van der Waals surface area contributed by atoms with Gasteiger partial charge in [0.25, 0.3) is 0 Å². The maximum atomic E-state index is 11.8. The van der Waals surface area contributed by atoms with Crippen LogP contribution in [0.3, 0.4) is 0 Å². The predicted octanol–water partition coefficient (Wildman–Crippen LogP) is 2.36. The fourth-order valence-corrected chi connectivity index (χ4v) is 2.31. The summed E-state index contributed by atoms with van der Waals surface area (Å²) in [4.78, 5) is 23.3. The molecule has 15 heavy (non-hydrogen) atoms. The van der Waals surface area contributed by atoms with Gasteiger partial charge in [0.1, 0.15) is 0 Å². The summed E-state index contributed by atoms with van der Waals surface area (Å²) in [5.74, 6) is -0.307. The van der Waals surface area contributed by atoms with E-state index in [0.717, 1.165) is 16.0 Å². The van der Waals surface area contributed by atoms with Crippen molar-refractivity contribution in [3.8, 4) is 0 Å². The minimum Gasteiger partial charge on any atom is -0.274 e. The number of hydrogen-bond donors (Lipinski definition) is 0. The van der Waals surface area contributed by atoms with Crippen molar-refractivity contribution in [2.75, 3.05) is 0 Å². The highest BCUT2D eigenvalue weighted by Gasteiger charge is 2.16. The van der Waals surface area contributed by atoms with E-state index in [1.807, 2.05) is 18.2 Å². The molecule has 2 aromatic rings. The Labute approximate surface area is 91.0 Å². The summed E-state index contributed by atoms with van der Waals surface area (Å²) in [5.41, 5.74) is 0.714. The van der Waals surface area contributed by atoms with Crippen molar-refractivity contribution in [3.05, 3.63) is 33.9 Å². The number of carbonyl (C=O) groups is 1. The van der Waals surface area contributed by atoms with Crippen molar-refractivity contribution >= 4 is 27.5 Å². The van der Waals surface area contributed by atoms with Crippen LogP contribution in [0.25, 0.3) is 10.2 Å². The lowest BCUT2D eigenvalue weighted by Gasteiger charge is -2.04. The number of nitrogens with zero attached hydrogens (tertiary/aromatic N) is 1. The van der Waals surface area contributed by atoms with E-state index in [-0.39, 0.29) is 16.7 Å². The topological polar surface area (TPSA) is 39.1 Å². The van der Waals surface area contributed by atoms with Gasteiger partial charge >= 0.3 is 4.87 Å². The largest absolute Gasteiger partial charge is 0.314 e.